The van der Waals surface area contributed by atoms with E-state index in [0.29, 0.717) is 12.8 Å². The molecule has 5 N–H and O–H groups in total. The number of hydrogen-bond donors (Lipinski definition) is 5. The van der Waals surface area contributed by atoms with Crippen molar-refractivity contribution in [3.8, 4) is 0 Å². The summed E-state index contributed by atoms with van der Waals surface area (Å²) in [5.41, 5.74) is 0.786. The molecule has 340 valence electrons. The molecule has 0 spiro atoms. The topological polar surface area (TPSA) is 167 Å². The number of benzene rings is 1. The lowest BCUT2D eigenvalue weighted by Crippen LogP contribution is -2.69. The van der Waals surface area contributed by atoms with Crippen molar-refractivity contribution in [1.29, 1.82) is 0 Å². The molecule has 1 fully saturated rings. The lowest BCUT2D eigenvalue weighted by atomic mass is 9.95. The van der Waals surface area contributed by atoms with Gasteiger partial charge in [-0.3, -0.25) is 9.69 Å². The number of carbonyl (C=O) groups excluding carboxylic acids is 3. The van der Waals surface area contributed by atoms with Crippen LogP contribution in [0.1, 0.15) is 186 Å². The molecule has 12 nitrogen and oxygen atoms in total. The predicted octanol–water partition coefficient (Wildman–Crippen LogP) is 9.46. The number of rotatable bonds is 35. The molecule has 12 heteroatoms. The first-order valence-electron chi connectivity index (χ1n) is 23.6. The van der Waals surface area contributed by atoms with E-state index in [4.69, 9.17) is 14.2 Å². The fourth-order valence-corrected chi connectivity index (χ4v) is 7.67. The van der Waals surface area contributed by atoms with E-state index in [9.17, 15) is 29.7 Å². The van der Waals surface area contributed by atoms with E-state index in [-0.39, 0.29) is 19.8 Å². The van der Waals surface area contributed by atoms with Gasteiger partial charge in [-0.1, -0.05) is 198 Å². The minimum Gasteiger partial charge on any atom is -0.449 e. The summed E-state index contributed by atoms with van der Waals surface area (Å²) in [6, 6.07) is 7.85. The number of aliphatic hydroxyl groups excluding tert-OH is 3. The molecule has 1 aliphatic rings. The highest BCUT2D eigenvalue weighted by molar-refractivity contribution is 5.82. The van der Waals surface area contributed by atoms with Crippen LogP contribution in [-0.4, -0.2) is 95.2 Å². The van der Waals surface area contributed by atoms with Gasteiger partial charge < -0.3 is 40.2 Å². The van der Waals surface area contributed by atoms with Crippen molar-refractivity contribution in [2.45, 2.75) is 218 Å². The smallest absolute Gasteiger partial charge is 0.411 e. The second-order valence-corrected chi connectivity index (χ2v) is 16.5. The molecule has 5 atom stereocenters. The lowest BCUT2D eigenvalue weighted by molar-refractivity contribution is -0.226. The van der Waals surface area contributed by atoms with Gasteiger partial charge in [0.25, 0.3) is 0 Å². The van der Waals surface area contributed by atoms with Gasteiger partial charge in [-0.15, -0.1) is 0 Å². The third-order valence-corrected chi connectivity index (χ3v) is 11.4. The molecule has 1 saturated heterocycles. The van der Waals surface area contributed by atoms with Crippen LogP contribution in [0.2, 0.25) is 0 Å². The number of carbonyl (C=O) groups is 3. The Labute approximate surface area is 356 Å². The molecule has 0 saturated carbocycles. The van der Waals surface area contributed by atoms with Crippen LogP contribution in [0.3, 0.4) is 0 Å². The highest BCUT2D eigenvalue weighted by atomic mass is 16.6. The monoisotopic (exact) mass is 834 g/mol. The van der Waals surface area contributed by atoms with Gasteiger partial charge in [0.1, 0.15) is 37.5 Å². The van der Waals surface area contributed by atoms with Gasteiger partial charge in [0.15, 0.2) is 6.23 Å². The number of unbranched alkanes of at least 4 members (excludes halogenated alkanes) is 24. The van der Waals surface area contributed by atoms with E-state index < -0.39 is 61.8 Å². The minimum atomic E-state index is -1.58. The van der Waals surface area contributed by atoms with Crippen LogP contribution in [0.5, 0.6) is 0 Å². The maximum Gasteiger partial charge on any atom is 0.411 e. The SMILES string of the molecule is CCCCCCCCCCCCCCCCCCN(C(=O)OCCCCCCCCCCCC)[C@@H]1O[C@H](CO)[C@@H](O)[C@H](O)[C@H]1NC(=O)CNC(=O)OCc1ccccc1. The third-order valence-electron chi connectivity index (χ3n) is 11.4. The third kappa shape index (κ3) is 24.2. The standard InChI is InChI=1S/C47H83N3O9/c1-3-5-7-9-11-13-15-16-17-18-19-20-21-23-25-30-34-50(47(56)57-35-31-26-24-22-14-12-10-8-6-4-2)45-42(44(54)43(53)40(37-51)59-45)49-41(52)36-48-46(55)58-38-39-32-28-27-29-33-39/h27-29,32-33,40,42-45,51,53-54H,3-26,30-31,34-38H2,1-2H3,(H,48,55)(H,49,52)/t40-,42-,43-,44-,45-/m1/s1. The van der Waals surface area contributed by atoms with Crippen LogP contribution in [0.25, 0.3) is 0 Å². The molecule has 0 bridgehead atoms. The summed E-state index contributed by atoms with van der Waals surface area (Å²) in [5.74, 6) is -0.685. The summed E-state index contributed by atoms with van der Waals surface area (Å²) >= 11 is 0. The first kappa shape index (κ1) is 52.2. The van der Waals surface area contributed by atoms with Gasteiger partial charge in [-0.05, 0) is 18.4 Å². The van der Waals surface area contributed by atoms with Gasteiger partial charge in [-0.25, -0.2) is 9.59 Å². The van der Waals surface area contributed by atoms with Crippen molar-refractivity contribution in [1.82, 2.24) is 15.5 Å². The molecule has 3 amide bonds. The van der Waals surface area contributed by atoms with Gasteiger partial charge in [-0.2, -0.15) is 0 Å². The Hall–Kier alpha value is -2.93. The van der Waals surface area contributed by atoms with Gasteiger partial charge in [0.2, 0.25) is 5.91 Å². The van der Waals surface area contributed by atoms with Gasteiger partial charge >= 0.3 is 12.2 Å². The average Bonchev–Trinajstić information content (AvgIpc) is 3.24. The van der Waals surface area contributed by atoms with Gasteiger partial charge in [0.05, 0.1) is 13.2 Å². The van der Waals surface area contributed by atoms with Crippen molar-refractivity contribution in [3.05, 3.63) is 35.9 Å². The molecular formula is C47H83N3O9. The highest BCUT2D eigenvalue weighted by Crippen LogP contribution is 2.26. The quantitative estimate of drug-likeness (QED) is 0.0419. The normalized spacial score (nSPS) is 19.0. The van der Waals surface area contributed by atoms with Crippen molar-refractivity contribution in [2.24, 2.45) is 0 Å². The average molecular weight is 834 g/mol. The van der Waals surface area contributed by atoms with Crippen LogP contribution in [0.15, 0.2) is 30.3 Å². The Morgan fingerprint density at radius 2 is 1.12 bits per heavy atom. The predicted molar refractivity (Wildman–Crippen MR) is 234 cm³/mol. The molecule has 1 aliphatic heterocycles. The number of nitrogens with one attached hydrogen (secondary N) is 2. The summed E-state index contributed by atoms with van der Waals surface area (Å²) in [6.45, 7) is 3.87. The summed E-state index contributed by atoms with van der Waals surface area (Å²) in [4.78, 5) is 40.6. The molecular weight excluding hydrogens is 751 g/mol. The van der Waals surface area contributed by atoms with E-state index in [1.165, 1.54) is 120 Å². The summed E-state index contributed by atoms with van der Waals surface area (Å²) in [7, 11) is 0. The number of ether oxygens (including phenoxy) is 3. The largest absolute Gasteiger partial charge is 0.449 e. The summed E-state index contributed by atoms with van der Waals surface area (Å²) in [6.07, 6.45) is 23.9. The zero-order valence-electron chi connectivity index (χ0n) is 36.9. The number of aliphatic hydroxyl groups is 3. The van der Waals surface area contributed by atoms with E-state index in [1.807, 2.05) is 30.3 Å². The minimum absolute atomic E-state index is 0.0237. The van der Waals surface area contributed by atoms with Crippen LogP contribution < -0.4 is 10.6 Å². The molecule has 1 aromatic carbocycles. The maximum absolute atomic E-state index is 13.7. The molecule has 2 rings (SSSR count). The van der Waals surface area contributed by atoms with E-state index >= 15 is 0 Å². The molecule has 0 unspecified atom stereocenters. The molecule has 1 heterocycles. The first-order chi connectivity index (χ1) is 28.8. The first-order valence-corrected chi connectivity index (χ1v) is 23.6. The molecule has 0 aromatic heterocycles. The number of hydrogen-bond acceptors (Lipinski definition) is 9. The Morgan fingerprint density at radius 1 is 0.644 bits per heavy atom. The number of alkyl carbamates (subject to hydrolysis) is 1. The molecule has 1 aromatic rings. The van der Waals surface area contributed by atoms with Crippen LogP contribution in [-0.2, 0) is 25.6 Å². The molecule has 0 radical (unpaired) electrons. The van der Waals surface area contributed by atoms with E-state index in [0.717, 1.165) is 44.1 Å². The van der Waals surface area contributed by atoms with Crippen molar-refractivity contribution < 1.29 is 43.9 Å². The second kappa shape index (κ2) is 34.7. The van der Waals surface area contributed by atoms with Crippen molar-refractivity contribution >= 4 is 18.1 Å². The maximum atomic E-state index is 13.7. The Bertz CT molecular complexity index is 1190. The van der Waals surface area contributed by atoms with E-state index in [2.05, 4.69) is 24.5 Å². The Morgan fingerprint density at radius 3 is 1.61 bits per heavy atom. The van der Waals surface area contributed by atoms with Gasteiger partial charge in [0, 0.05) is 6.54 Å². The summed E-state index contributed by atoms with van der Waals surface area (Å²) in [5, 5.41) is 37.1. The van der Waals surface area contributed by atoms with Crippen molar-refractivity contribution in [3.63, 3.8) is 0 Å². The lowest BCUT2D eigenvalue weighted by Gasteiger charge is -2.46. The zero-order valence-corrected chi connectivity index (χ0v) is 36.9. The molecule has 0 aliphatic carbocycles. The number of amides is 3. The summed E-state index contributed by atoms with van der Waals surface area (Å²) < 4.78 is 17.0. The van der Waals surface area contributed by atoms with Crippen molar-refractivity contribution in [2.75, 3.05) is 26.3 Å². The number of nitrogens with zero attached hydrogens (tertiary/aromatic N) is 1. The highest BCUT2D eigenvalue weighted by Gasteiger charge is 2.48. The Balaban J connectivity index is 1.92. The van der Waals surface area contributed by atoms with Crippen LogP contribution >= 0.6 is 0 Å². The zero-order chi connectivity index (χ0) is 42.8. The van der Waals surface area contributed by atoms with E-state index in [1.54, 1.807) is 0 Å². The van der Waals surface area contributed by atoms with Crippen LogP contribution in [0.4, 0.5) is 9.59 Å². The van der Waals surface area contributed by atoms with Crippen LogP contribution in [0, 0.1) is 0 Å². The fraction of sp³-hybridized carbons (Fsp3) is 0.809. The second-order valence-electron chi connectivity index (χ2n) is 16.5. The fourth-order valence-electron chi connectivity index (χ4n) is 7.67. The molecule has 59 heavy (non-hydrogen) atoms. The Kier molecular flexibility index (Phi) is 30.7.